The summed E-state index contributed by atoms with van der Waals surface area (Å²) < 4.78 is 0. The maximum Gasteiger partial charge on any atom is 0.387 e. The fraction of sp³-hybridized carbons (Fsp3) is 0.500. The van der Waals surface area contributed by atoms with Crippen molar-refractivity contribution in [1.82, 2.24) is 0 Å². The lowest BCUT2D eigenvalue weighted by Crippen LogP contribution is -2.24. The van der Waals surface area contributed by atoms with Crippen LogP contribution in [0.5, 0.6) is 0 Å². The molecule has 0 unspecified atom stereocenters. The van der Waals surface area contributed by atoms with Gasteiger partial charge in [-0.25, -0.2) is 0 Å². The highest BCUT2D eigenvalue weighted by Gasteiger charge is 2.35. The molecule has 0 aromatic rings. The summed E-state index contributed by atoms with van der Waals surface area (Å²) in [5.41, 5.74) is 2.26. The molecule has 1 aliphatic carbocycles. The topological polar surface area (TPSA) is 96.8 Å². The van der Waals surface area contributed by atoms with Gasteiger partial charge in [-0.15, -0.1) is 0 Å². The van der Waals surface area contributed by atoms with Crippen LogP contribution in [0.3, 0.4) is 0 Å². The largest absolute Gasteiger partial charge is 0.505 e. The van der Waals surface area contributed by atoms with Crippen LogP contribution in [0, 0.1) is 22.6 Å². The van der Waals surface area contributed by atoms with Gasteiger partial charge in [-0.05, 0) is 26.7 Å². The molecular formula is C12H16N4O2+2. The van der Waals surface area contributed by atoms with Crippen LogP contribution < -0.4 is 0 Å². The average molecular weight is 248 g/mol. The minimum absolute atomic E-state index is 0.104. The third-order valence-corrected chi connectivity index (χ3v) is 3.41. The van der Waals surface area contributed by atoms with E-state index in [1.165, 1.54) is 0 Å². The van der Waals surface area contributed by atoms with Crippen LogP contribution in [0.1, 0.15) is 26.7 Å². The number of nitrogens with zero attached hydrogens (tertiary/aromatic N) is 4. The molecule has 0 bridgehead atoms. The summed E-state index contributed by atoms with van der Waals surface area (Å²) in [5.74, 6) is -0.982. The fourth-order valence-corrected chi connectivity index (χ4v) is 2.22. The van der Waals surface area contributed by atoms with Crippen molar-refractivity contribution in [3.8, 4) is 0 Å². The van der Waals surface area contributed by atoms with Gasteiger partial charge >= 0.3 is 12.4 Å². The van der Waals surface area contributed by atoms with Gasteiger partial charge in [0.05, 0.1) is 0 Å². The number of diazo groups is 2. The average Bonchev–Trinajstić information content (AvgIpc) is 2.32. The summed E-state index contributed by atoms with van der Waals surface area (Å²) in [5, 5.41) is 36.5. The second kappa shape index (κ2) is 5.83. The van der Waals surface area contributed by atoms with Crippen LogP contribution in [0.15, 0.2) is 35.1 Å². The maximum atomic E-state index is 9.82. The Morgan fingerprint density at radius 3 is 1.61 bits per heavy atom. The second-order valence-corrected chi connectivity index (χ2v) is 4.52. The number of allylic oxidation sites excluding steroid dienone is 4. The Balaban J connectivity index is 3.13. The molecule has 6 nitrogen and oxygen atoms in total. The van der Waals surface area contributed by atoms with Crippen LogP contribution in [-0.2, 0) is 0 Å². The number of rotatable bonds is 2. The molecule has 0 heterocycles. The van der Waals surface area contributed by atoms with Crippen molar-refractivity contribution in [3.63, 3.8) is 0 Å². The lowest BCUT2D eigenvalue weighted by atomic mass is 9.75. The van der Waals surface area contributed by atoms with Crippen LogP contribution in [0.2, 0.25) is 0 Å². The Morgan fingerprint density at radius 2 is 1.33 bits per heavy atom. The third kappa shape index (κ3) is 2.86. The first-order valence-corrected chi connectivity index (χ1v) is 5.63. The predicted octanol–water partition coefficient (Wildman–Crippen LogP) is 3.85. The van der Waals surface area contributed by atoms with E-state index in [1.54, 1.807) is 0 Å². The molecule has 0 spiro atoms. The van der Waals surface area contributed by atoms with E-state index in [4.69, 9.17) is 10.8 Å². The Kier molecular flexibility index (Phi) is 4.45. The zero-order valence-corrected chi connectivity index (χ0v) is 10.4. The predicted molar refractivity (Wildman–Crippen MR) is 66.2 cm³/mol. The van der Waals surface area contributed by atoms with Crippen molar-refractivity contribution in [3.05, 3.63) is 45.0 Å². The molecule has 0 saturated heterocycles. The van der Waals surface area contributed by atoms with E-state index in [9.17, 15) is 10.2 Å². The van der Waals surface area contributed by atoms with E-state index in [-0.39, 0.29) is 23.4 Å². The molecule has 0 aromatic carbocycles. The Hall–Kier alpha value is -2.34. The van der Waals surface area contributed by atoms with Gasteiger partial charge in [0.2, 0.25) is 10.8 Å². The van der Waals surface area contributed by atoms with Crippen LogP contribution in [-0.4, -0.2) is 10.2 Å². The summed E-state index contributed by atoms with van der Waals surface area (Å²) in [6.45, 7) is 3.91. The highest BCUT2D eigenvalue weighted by Crippen LogP contribution is 2.40. The molecule has 0 radical (unpaired) electrons. The molecule has 0 saturated carbocycles. The number of aliphatic hydroxyl groups is 2. The van der Waals surface area contributed by atoms with Crippen molar-refractivity contribution in [1.29, 1.82) is 10.8 Å². The van der Waals surface area contributed by atoms with E-state index < -0.39 is 0 Å². The molecule has 2 atom stereocenters. The lowest BCUT2D eigenvalue weighted by Gasteiger charge is -2.29. The maximum absolute atomic E-state index is 9.82. The smallest absolute Gasteiger partial charge is 0.387 e. The van der Waals surface area contributed by atoms with Crippen LogP contribution in [0.25, 0.3) is 9.95 Å². The molecular weight excluding hydrogens is 232 g/mol. The summed E-state index contributed by atoms with van der Waals surface area (Å²) in [6.07, 6.45) is 3.01. The summed E-state index contributed by atoms with van der Waals surface area (Å²) in [6, 6.07) is 0. The quantitative estimate of drug-likeness (QED) is 0.440. The summed E-state index contributed by atoms with van der Waals surface area (Å²) in [7, 11) is 0. The van der Waals surface area contributed by atoms with Gasteiger partial charge in [0.15, 0.2) is 21.5 Å². The van der Waals surface area contributed by atoms with E-state index in [0.717, 1.165) is 23.5 Å². The van der Waals surface area contributed by atoms with Crippen molar-refractivity contribution in [2.45, 2.75) is 26.7 Å². The molecule has 0 aromatic heterocycles. The Morgan fingerprint density at radius 1 is 1.00 bits per heavy atom. The van der Waals surface area contributed by atoms with E-state index in [0.29, 0.717) is 12.8 Å². The number of aliphatic hydroxyl groups excluding tert-OH is 2. The minimum atomic E-state index is -0.386. The first-order valence-electron chi connectivity index (χ1n) is 5.63. The van der Waals surface area contributed by atoms with Gasteiger partial charge in [-0.1, -0.05) is 11.1 Å². The first kappa shape index (κ1) is 13.7. The van der Waals surface area contributed by atoms with Crippen molar-refractivity contribution < 1.29 is 10.2 Å². The van der Waals surface area contributed by atoms with E-state index in [2.05, 4.69) is 9.95 Å². The second-order valence-electron chi connectivity index (χ2n) is 4.52. The van der Waals surface area contributed by atoms with Crippen LogP contribution in [0.4, 0.5) is 0 Å². The molecule has 2 N–H and O–H groups in total. The zero-order valence-electron chi connectivity index (χ0n) is 10.4. The van der Waals surface area contributed by atoms with E-state index in [1.807, 2.05) is 13.8 Å². The number of hydrogen-bond acceptors (Lipinski definition) is 4. The molecule has 18 heavy (non-hydrogen) atoms. The minimum Gasteiger partial charge on any atom is -0.505 e. The Labute approximate surface area is 105 Å². The molecule has 1 rings (SSSR count). The Bertz CT molecular complexity index is 459. The fourth-order valence-electron chi connectivity index (χ4n) is 2.22. The van der Waals surface area contributed by atoms with Gasteiger partial charge in [0.25, 0.3) is 0 Å². The van der Waals surface area contributed by atoms with Crippen LogP contribution >= 0.6 is 0 Å². The SMILES string of the molecule is CC1=C(C)C[C@H](/C(O)=C/[N+]#N)[C@@H](/C(O)=C/[N+]#N)C1. The first-order chi connectivity index (χ1) is 8.51. The van der Waals surface area contributed by atoms with Gasteiger partial charge in [0.1, 0.15) is 0 Å². The number of hydrogen-bond donors (Lipinski definition) is 2. The molecule has 0 fully saturated rings. The van der Waals surface area contributed by atoms with Gasteiger partial charge < -0.3 is 10.2 Å². The lowest BCUT2D eigenvalue weighted by molar-refractivity contribution is 0.215. The van der Waals surface area contributed by atoms with Crippen molar-refractivity contribution >= 4 is 0 Å². The normalized spacial score (nSPS) is 25.6. The molecule has 1 aliphatic rings. The van der Waals surface area contributed by atoms with Gasteiger partial charge in [-0.3, -0.25) is 0 Å². The van der Waals surface area contributed by atoms with Gasteiger partial charge in [-0.2, -0.15) is 0 Å². The van der Waals surface area contributed by atoms with E-state index >= 15 is 0 Å². The molecule has 6 heteroatoms. The van der Waals surface area contributed by atoms with Gasteiger partial charge in [0, 0.05) is 11.8 Å². The molecule has 0 amide bonds. The summed E-state index contributed by atoms with van der Waals surface area (Å²) in [4.78, 5) is 5.59. The standard InChI is InChI=1S/C12H14N4O2/c1-7-3-9(11(17)5-15-13)10(4-8(7)2)12(18)6-16-14/h5-6,9-10H,3-4H2,1-2H3/p+2/b11-5-,12-6-/t9-,10-/m0/s1. The molecule has 0 aliphatic heterocycles. The van der Waals surface area contributed by atoms with Crippen molar-refractivity contribution in [2.75, 3.05) is 0 Å². The summed E-state index contributed by atoms with van der Waals surface area (Å²) >= 11 is 0. The highest BCUT2D eigenvalue weighted by molar-refractivity contribution is 5.24. The molecule has 94 valence electrons. The zero-order chi connectivity index (χ0) is 13.7. The third-order valence-electron chi connectivity index (χ3n) is 3.41. The highest BCUT2D eigenvalue weighted by atomic mass is 16.3. The monoisotopic (exact) mass is 248 g/mol. The van der Waals surface area contributed by atoms with Crippen molar-refractivity contribution in [2.24, 2.45) is 11.8 Å².